The van der Waals surface area contributed by atoms with E-state index in [0.29, 0.717) is 31.9 Å². The highest BCUT2D eigenvalue weighted by Crippen LogP contribution is 2.26. The molecule has 4 heterocycles. The first-order chi connectivity index (χ1) is 14.0. The van der Waals surface area contributed by atoms with E-state index in [1.807, 2.05) is 19.1 Å². The summed E-state index contributed by atoms with van der Waals surface area (Å²) >= 11 is 0. The number of carbonyl (C=O) groups excluding carboxylic acids is 1. The molecule has 29 heavy (non-hydrogen) atoms. The molecule has 9 heteroatoms. The van der Waals surface area contributed by atoms with Gasteiger partial charge in [0, 0.05) is 26.2 Å². The molecule has 2 aromatic rings. The van der Waals surface area contributed by atoms with Crippen LogP contribution in [0.15, 0.2) is 24.4 Å². The van der Waals surface area contributed by atoms with Crippen molar-refractivity contribution in [1.29, 1.82) is 5.26 Å². The predicted octanol–water partition coefficient (Wildman–Crippen LogP) is 0.246. The molecule has 4 rings (SSSR count). The van der Waals surface area contributed by atoms with Gasteiger partial charge in [-0.3, -0.25) is 4.79 Å². The molecule has 0 saturated carbocycles. The summed E-state index contributed by atoms with van der Waals surface area (Å²) in [6, 6.07) is 7.69. The van der Waals surface area contributed by atoms with Crippen molar-refractivity contribution in [2.75, 3.05) is 51.3 Å². The highest BCUT2D eigenvalue weighted by Gasteiger charge is 2.32. The number of nitrogens with one attached hydrogen (secondary N) is 1. The van der Waals surface area contributed by atoms with Gasteiger partial charge in [0.1, 0.15) is 11.8 Å². The van der Waals surface area contributed by atoms with Gasteiger partial charge in [0.05, 0.1) is 42.8 Å². The molecule has 0 bridgehead atoms. The van der Waals surface area contributed by atoms with E-state index >= 15 is 0 Å². The molecule has 2 aliphatic rings. The monoisotopic (exact) mass is 398 g/mol. The first kappa shape index (κ1) is 19.6. The third-order valence-electron chi connectivity index (χ3n) is 5.39. The number of pyridine rings is 1. The largest absolute Gasteiger partial charge is 0.374 e. The van der Waals surface area contributed by atoms with E-state index < -0.39 is 6.10 Å². The van der Waals surface area contributed by atoms with E-state index in [4.69, 9.17) is 9.47 Å². The molecule has 2 fully saturated rings. The lowest BCUT2D eigenvalue weighted by Crippen LogP contribution is -2.54. The van der Waals surface area contributed by atoms with Gasteiger partial charge in [-0.2, -0.15) is 10.4 Å². The van der Waals surface area contributed by atoms with E-state index in [-0.39, 0.29) is 18.1 Å². The Morgan fingerprint density at radius 2 is 2.21 bits per heavy atom. The summed E-state index contributed by atoms with van der Waals surface area (Å²) in [6.45, 7) is 5.93. The third kappa shape index (κ3) is 4.19. The molecule has 0 aromatic carbocycles. The number of hydrogen-bond donors (Lipinski definition) is 1. The molecule has 3 atom stereocenters. The van der Waals surface area contributed by atoms with E-state index in [1.54, 1.807) is 16.8 Å². The number of hydrogen-bond acceptors (Lipinski definition) is 7. The minimum Gasteiger partial charge on any atom is -0.374 e. The number of nitrogens with zero attached hydrogens (tertiary/aromatic N) is 5. The number of morpholine rings is 2. The summed E-state index contributed by atoms with van der Waals surface area (Å²) in [6.07, 6.45) is 1.00. The molecule has 0 radical (unpaired) electrons. The molecular weight excluding hydrogens is 372 g/mol. The second-order valence-electron chi connectivity index (χ2n) is 7.68. The fourth-order valence-corrected chi connectivity index (χ4v) is 3.97. The van der Waals surface area contributed by atoms with E-state index in [0.717, 1.165) is 24.3 Å². The standard InChI is InChI=1S/C20H26N6O3/c1-14-11-25(17-4-3-15(9-21)26-18(17)5-6-23-26)13-19(29-14)20(27)22-10-16-12-24(2)7-8-28-16/h3-6,14,16,19H,7-8,10-13H2,1-2H3,(H,22,27). The Bertz CT molecular complexity index is 923. The maximum absolute atomic E-state index is 12.8. The highest BCUT2D eigenvalue weighted by molar-refractivity contribution is 5.82. The van der Waals surface area contributed by atoms with Crippen LogP contribution in [0.1, 0.15) is 12.6 Å². The quantitative estimate of drug-likeness (QED) is 0.789. The number of anilines is 1. The lowest BCUT2D eigenvalue weighted by molar-refractivity contribution is -0.138. The van der Waals surface area contributed by atoms with Gasteiger partial charge in [0.25, 0.3) is 5.91 Å². The van der Waals surface area contributed by atoms with Gasteiger partial charge in [-0.25, -0.2) is 4.52 Å². The molecule has 2 aromatic heterocycles. The Hall–Kier alpha value is -2.67. The zero-order chi connectivity index (χ0) is 20.4. The van der Waals surface area contributed by atoms with Crippen LogP contribution in [0.4, 0.5) is 5.69 Å². The molecule has 1 amide bonds. The summed E-state index contributed by atoms with van der Waals surface area (Å²) in [5.74, 6) is -0.128. The molecule has 0 aliphatic carbocycles. The van der Waals surface area contributed by atoms with Crippen molar-refractivity contribution < 1.29 is 14.3 Å². The molecular formula is C20H26N6O3. The topological polar surface area (TPSA) is 95.1 Å². The van der Waals surface area contributed by atoms with Crippen molar-refractivity contribution in [3.8, 4) is 6.07 Å². The number of likely N-dealkylation sites (N-methyl/N-ethyl adjacent to an activating group) is 1. The number of amides is 1. The Labute approximate surface area is 169 Å². The van der Waals surface area contributed by atoms with Crippen LogP contribution in [0.3, 0.4) is 0 Å². The van der Waals surface area contributed by atoms with Gasteiger partial charge in [-0.05, 0) is 32.2 Å². The van der Waals surface area contributed by atoms with E-state index in [1.165, 1.54) is 0 Å². The second-order valence-corrected chi connectivity index (χ2v) is 7.68. The van der Waals surface area contributed by atoms with Gasteiger partial charge >= 0.3 is 0 Å². The van der Waals surface area contributed by atoms with Crippen molar-refractivity contribution in [3.63, 3.8) is 0 Å². The van der Waals surface area contributed by atoms with Crippen molar-refractivity contribution in [3.05, 3.63) is 30.1 Å². The lowest BCUT2D eigenvalue weighted by atomic mass is 10.1. The van der Waals surface area contributed by atoms with Gasteiger partial charge in [-0.1, -0.05) is 0 Å². The smallest absolute Gasteiger partial charge is 0.251 e. The summed E-state index contributed by atoms with van der Waals surface area (Å²) in [5.41, 5.74) is 2.25. The van der Waals surface area contributed by atoms with Crippen LogP contribution in [-0.2, 0) is 14.3 Å². The van der Waals surface area contributed by atoms with Crippen LogP contribution in [-0.4, -0.2) is 85.1 Å². The van der Waals surface area contributed by atoms with Crippen molar-refractivity contribution in [2.45, 2.75) is 25.2 Å². The third-order valence-corrected chi connectivity index (χ3v) is 5.39. The Balaban J connectivity index is 1.45. The van der Waals surface area contributed by atoms with Crippen molar-refractivity contribution >= 4 is 17.1 Å². The zero-order valence-electron chi connectivity index (χ0n) is 16.7. The summed E-state index contributed by atoms with van der Waals surface area (Å²) in [4.78, 5) is 17.1. The molecule has 154 valence electrons. The first-order valence-electron chi connectivity index (χ1n) is 9.90. The van der Waals surface area contributed by atoms with Crippen LogP contribution in [0.2, 0.25) is 0 Å². The molecule has 2 saturated heterocycles. The molecule has 3 unspecified atom stereocenters. The Morgan fingerprint density at radius 1 is 1.34 bits per heavy atom. The van der Waals surface area contributed by atoms with Crippen LogP contribution >= 0.6 is 0 Å². The van der Waals surface area contributed by atoms with Crippen LogP contribution in [0.25, 0.3) is 5.52 Å². The van der Waals surface area contributed by atoms with Crippen LogP contribution < -0.4 is 10.2 Å². The van der Waals surface area contributed by atoms with Crippen molar-refractivity contribution in [2.24, 2.45) is 0 Å². The highest BCUT2D eigenvalue weighted by atomic mass is 16.5. The maximum Gasteiger partial charge on any atom is 0.251 e. The lowest BCUT2D eigenvalue weighted by Gasteiger charge is -2.38. The number of ether oxygens (including phenoxy) is 2. The van der Waals surface area contributed by atoms with Gasteiger partial charge in [-0.15, -0.1) is 0 Å². The second kappa shape index (κ2) is 8.37. The summed E-state index contributed by atoms with van der Waals surface area (Å²) < 4.78 is 13.3. The minimum absolute atomic E-state index is 0.000221. The normalized spacial score (nSPS) is 25.7. The van der Waals surface area contributed by atoms with E-state index in [2.05, 4.69) is 33.3 Å². The average Bonchev–Trinajstić information content (AvgIpc) is 3.21. The molecule has 9 nitrogen and oxygen atoms in total. The summed E-state index contributed by atoms with van der Waals surface area (Å²) in [7, 11) is 2.05. The SMILES string of the molecule is CC1CN(c2ccc(C#N)n3nccc23)CC(C(=O)NCC2CN(C)CCO2)O1. The Kier molecular flexibility index (Phi) is 5.67. The fourth-order valence-electron chi connectivity index (χ4n) is 3.97. The molecule has 0 spiro atoms. The van der Waals surface area contributed by atoms with Crippen LogP contribution in [0.5, 0.6) is 0 Å². The van der Waals surface area contributed by atoms with Gasteiger partial charge in [0.15, 0.2) is 6.10 Å². The predicted molar refractivity (Wildman–Crippen MR) is 107 cm³/mol. The van der Waals surface area contributed by atoms with Crippen LogP contribution in [0, 0.1) is 11.3 Å². The molecule has 1 N–H and O–H groups in total. The van der Waals surface area contributed by atoms with Crippen molar-refractivity contribution in [1.82, 2.24) is 19.8 Å². The number of carbonyl (C=O) groups is 1. The minimum atomic E-state index is -0.571. The number of rotatable bonds is 4. The fraction of sp³-hybridized carbons (Fsp3) is 0.550. The van der Waals surface area contributed by atoms with E-state index in [9.17, 15) is 10.1 Å². The molecule has 2 aliphatic heterocycles. The number of fused-ring (bicyclic) bond motifs is 1. The van der Waals surface area contributed by atoms with Gasteiger partial charge < -0.3 is 24.6 Å². The Morgan fingerprint density at radius 3 is 3.00 bits per heavy atom. The zero-order valence-corrected chi connectivity index (χ0v) is 16.7. The maximum atomic E-state index is 12.8. The number of nitriles is 1. The number of aromatic nitrogens is 2. The van der Waals surface area contributed by atoms with Gasteiger partial charge in [0.2, 0.25) is 0 Å². The first-order valence-corrected chi connectivity index (χ1v) is 9.90. The summed E-state index contributed by atoms with van der Waals surface area (Å²) in [5, 5.41) is 16.5. The average molecular weight is 398 g/mol.